The highest BCUT2D eigenvalue weighted by Gasteiger charge is 2.24. The number of rotatable bonds is 6. The summed E-state index contributed by atoms with van der Waals surface area (Å²) >= 11 is 0. The van der Waals surface area contributed by atoms with E-state index in [0.29, 0.717) is 5.41 Å². The van der Waals surface area contributed by atoms with Crippen molar-refractivity contribution in [3.05, 3.63) is 30.3 Å². The molecule has 0 radical (unpaired) electrons. The second kappa shape index (κ2) is 6.24. The van der Waals surface area contributed by atoms with Gasteiger partial charge >= 0.3 is 0 Å². The molecule has 1 aromatic carbocycles. The van der Waals surface area contributed by atoms with Gasteiger partial charge in [-0.1, -0.05) is 39.0 Å². The second-order valence-electron chi connectivity index (χ2n) is 6.84. The van der Waals surface area contributed by atoms with Gasteiger partial charge < -0.3 is 10.6 Å². The first-order chi connectivity index (χ1) is 8.29. The van der Waals surface area contributed by atoms with E-state index < -0.39 is 0 Å². The fourth-order valence-electron chi connectivity index (χ4n) is 2.55. The predicted octanol–water partition coefficient (Wildman–Crippen LogP) is 3.90. The maximum atomic E-state index is 3.62. The quantitative estimate of drug-likeness (QED) is 0.746. The van der Waals surface area contributed by atoms with Crippen LogP contribution >= 0.6 is 0 Å². The summed E-state index contributed by atoms with van der Waals surface area (Å²) in [5, 5.41) is 7.04. The summed E-state index contributed by atoms with van der Waals surface area (Å²) in [5.74, 6) is 0. The molecular weight excluding hydrogens is 220 g/mol. The highest BCUT2D eigenvalue weighted by molar-refractivity contribution is 5.42. The minimum atomic E-state index is 0.191. The topological polar surface area (TPSA) is 24.1 Å². The fraction of sp³-hybridized carbons (Fsp3) is 0.625. The van der Waals surface area contributed by atoms with Gasteiger partial charge in [0.25, 0.3) is 0 Å². The average molecular weight is 248 g/mol. The zero-order valence-corrected chi connectivity index (χ0v) is 12.5. The van der Waals surface area contributed by atoms with Gasteiger partial charge in [0.15, 0.2) is 0 Å². The minimum absolute atomic E-state index is 0.191. The van der Waals surface area contributed by atoms with Crippen molar-refractivity contribution in [2.75, 3.05) is 18.4 Å². The number of para-hydroxylation sites is 1. The lowest BCUT2D eigenvalue weighted by Crippen LogP contribution is -2.44. The Kier molecular flexibility index (Phi) is 5.21. The van der Waals surface area contributed by atoms with Gasteiger partial charge in [0, 0.05) is 24.3 Å². The van der Waals surface area contributed by atoms with E-state index in [1.54, 1.807) is 0 Å². The molecular formula is C16H28N2. The Balaban J connectivity index is 2.25. The average Bonchev–Trinajstić information content (AvgIpc) is 2.23. The Bertz CT molecular complexity index is 336. The van der Waals surface area contributed by atoms with Gasteiger partial charge in [0.2, 0.25) is 0 Å². The molecule has 0 aliphatic heterocycles. The molecule has 0 amide bonds. The molecule has 0 fully saturated rings. The lowest BCUT2D eigenvalue weighted by Gasteiger charge is -2.33. The van der Waals surface area contributed by atoms with Crippen LogP contribution in [-0.2, 0) is 0 Å². The first kappa shape index (κ1) is 15.0. The summed E-state index contributed by atoms with van der Waals surface area (Å²) in [5.41, 5.74) is 1.74. The number of hydrogen-bond donors (Lipinski definition) is 2. The number of benzene rings is 1. The van der Waals surface area contributed by atoms with E-state index >= 15 is 0 Å². The standard InChI is InChI=1S/C16H28N2/c1-15(2,3)13-16(4,5)18-12-11-17-14-9-7-6-8-10-14/h6-10,17-18H,11-13H2,1-5H3. The SMILES string of the molecule is CC(C)(C)CC(C)(C)NCCNc1ccccc1. The van der Waals surface area contributed by atoms with Crippen LogP contribution in [0.2, 0.25) is 0 Å². The molecule has 2 heteroatoms. The van der Waals surface area contributed by atoms with Crippen LogP contribution in [0.3, 0.4) is 0 Å². The molecule has 18 heavy (non-hydrogen) atoms. The molecule has 0 aromatic heterocycles. The highest BCUT2D eigenvalue weighted by Crippen LogP contribution is 2.26. The maximum absolute atomic E-state index is 3.62. The molecule has 0 bridgehead atoms. The molecule has 2 nitrogen and oxygen atoms in total. The molecule has 0 atom stereocenters. The van der Waals surface area contributed by atoms with Crippen LogP contribution in [0.15, 0.2) is 30.3 Å². The van der Waals surface area contributed by atoms with Crippen LogP contribution in [0.1, 0.15) is 41.0 Å². The third-order valence-electron chi connectivity index (χ3n) is 2.80. The van der Waals surface area contributed by atoms with Crippen LogP contribution in [0.25, 0.3) is 0 Å². The third-order valence-corrected chi connectivity index (χ3v) is 2.80. The van der Waals surface area contributed by atoms with Gasteiger partial charge in [0.05, 0.1) is 0 Å². The molecule has 0 saturated heterocycles. The van der Waals surface area contributed by atoms with Crippen molar-refractivity contribution >= 4 is 5.69 Å². The number of anilines is 1. The lowest BCUT2D eigenvalue weighted by molar-refractivity contribution is 0.245. The second-order valence-corrected chi connectivity index (χ2v) is 6.84. The molecule has 2 N–H and O–H groups in total. The summed E-state index contributed by atoms with van der Waals surface area (Å²) in [6.07, 6.45) is 1.17. The van der Waals surface area contributed by atoms with Crippen molar-refractivity contribution in [1.82, 2.24) is 5.32 Å². The van der Waals surface area contributed by atoms with Crippen molar-refractivity contribution in [1.29, 1.82) is 0 Å². The van der Waals surface area contributed by atoms with Crippen LogP contribution in [0.5, 0.6) is 0 Å². The van der Waals surface area contributed by atoms with Gasteiger partial charge in [-0.25, -0.2) is 0 Å². The lowest BCUT2D eigenvalue weighted by atomic mass is 9.82. The summed E-state index contributed by atoms with van der Waals surface area (Å²) in [4.78, 5) is 0. The number of nitrogens with one attached hydrogen (secondary N) is 2. The molecule has 1 rings (SSSR count). The monoisotopic (exact) mass is 248 g/mol. The largest absolute Gasteiger partial charge is 0.384 e. The Morgan fingerprint density at radius 2 is 1.50 bits per heavy atom. The van der Waals surface area contributed by atoms with Gasteiger partial charge in [0.1, 0.15) is 0 Å². The van der Waals surface area contributed by atoms with Gasteiger partial charge in [-0.15, -0.1) is 0 Å². The van der Waals surface area contributed by atoms with Gasteiger partial charge in [-0.2, -0.15) is 0 Å². The molecule has 102 valence electrons. The molecule has 1 aromatic rings. The Morgan fingerprint density at radius 3 is 2.06 bits per heavy atom. The summed E-state index contributed by atoms with van der Waals surface area (Å²) in [6, 6.07) is 10.3. The normalized spacial score (nSPS) is 12.5. The van der Waals surface area contributed by atoms with E-state index in [1.165, 1.54) is 12.1 Å². The van der Waals surface area contributed by atoms with Gasteiger partial charge in [-0.3, -0.25) is 0 Å². The van der Waals surface area contributed by atoms with E-state index in [-0.39, 0.29) is 5.54 Å². The predicted molar refractivity (Wildman–Crippen MR) is 81.1 cm³/mol. The van der Waals surface area contributed by atoms with Crippen molar-refractivity contribution in [3.63, 3.8) is 0 Å². The highest BCUT2D eigenvalue weighted by atomic mass is 15.0. The van der Waals surface area contributed by atoms with E-state index in [4.69, 9.17) is 0 Å². The molecule has 0 heterocycles. The van der Waals surface area contributed by atoms with E-state index in [0.717, 1.165) is 13.1 Å². The summed E-state index contributed by atoms with van der Waals surface area (Å²) < 4.78 is 0. The Hall–Kier alpha value is -1.02. The van der Waals surface area contributed by atoms with E-state index in [9.17, 15) is 0 Å². The van der Waals surface area contributed by atoms with Crippen LogP contribution < -0.4 is 10.6 Å². The molecule has 0 aliphatic rings. The molecule has 0 aliphatic carbocycles. The van der Waals surface area contributed by atoms with Crippen LogP contribution in [-0.4, -0.2) is 18.6 Å². The van der Waals surface area contributed by atoms with Crippen LogP contribution in [0, 0.1) is 5.41 Å². The summed E-state index contributed by atoms with van der Waals surface area (Å²) in [6.45, 7) is 13.4. The van der Waals surface area contributed by atoms with Crippen molar-refractivity contribution in [2.45, 2.75) is 46.6 Å². The molecule has 0 saturated carbocycles. The van der Waals surface area contributed by atoms with Crippen molar-refractivity contribution in [2.24, 2.45) is 5.41 Å². The third kappa shape index (κ3) is 6.65. The maximum Gasteiger partial charge on any atom is 0.0340 e. The molecule has 0 spiro atoms. The number of hydrogen-bond acceptors (Lipinski definition) is 2. The fourth-order valence-corrected chi connectivity index (χ4v) is 2.55. The van der Waals surface area contributed by atoms with Crippen LogP contribution in [0.4, 0.5) is 5.69 Å². The minimum Gasteiger partial charge on any atom is -0.384 e. The summed E-state index contributed by atoms with van der Waals surface area (Å²) in [7, 11) is 0. The van der Waals surface area contributed by atoms with E-state index in [1.807, 2.05) is 6.07 Å². The zero-order valence-electron chi connectivity index (χ0n) is 12.5. The first-order valence-corrected chi connectivity index (χ1v) is 6.82. The first-order valence-electron chi connectivity index (χ1n) is 6.82. The molecule has 0 unspecified atom stereocenters. The Morgan fingerprint density at radius 1 is 0.889 bits per heavy atom. The smallest absolute Gasteiger partial charge is 0.0340 e. The van der Waals surface area contributed by atoms with Crippen molar-refractivity contribution < 1.29 is 0 Å². The van der Waals surface area contributed by atoms with Gasteiger partial charge in [-0.05, 0) is 37.8 Å². The van der Waals surface area contributed by atoms with E-state index in [2.05, 4.69) is 69.5 Å². The Labute approximate surface area is 112 Å². The van der Waals surface area contributed by atoms with Crippen molar-refractivity contribution in [3.8, 4) is 0 Å². The zero-order chi connectivity index (χ0) is 13.6.